The summed E-state index contributed by atoms with van der Waals surface area (Å²) in [5.41, 5.74) is 1.17. The largest absolute Gasteiger partial charge is 0.311 e. The van der Waals surface area contributed by atoms with E-state index in [1.165, 1.54) is 44.1 Å². The number of piperidine rings is 1. The van der Waals surface area contributed by atoms with Crippen LogP contribution in [0.1, 0.15) is 44.1 Å². The molecule has 20 heavy (non-hydrogen) atoms. The number of rotatable bonds is 4. The maximum absolute atomic E-state index is 13.2. The van der Waals surface area contributed by atoms with Gasteiger partial charge in [0.25, 0.3) is 0 Å². The van der Waals surface area contributed by atoms with Crippen LogP contribution in [0.5, 0.6) is 0 Å². The van der Waals surface area contributed by atoms with Gasteiger partial charge in [0.1, 0.15) is 5.82 Å². The molecule has 1 saturated heterocycles. The van der Waals surface area contributed by atoms with Gasteiger partial charge in [-0.2, -0.15) is 0 Å². The lowest BCUT2D eigenvalue weighted by molar-refractivity contribution is 0.176. The Morgan fingerprint density at radius 1 is 1.20 bits per heavy atom. The first-order valence-corrected chi connectivity index (χ1v) is 7.98. The first-order valence-electron chi connectivity index (χ1n) is 7.98. The molecule has 2 nitrogen and oxygen atoms in total. The van der Waals surface area contributed by atoms with Crippen LogP contribution in [0.3, 0.4) is 0 Å². The lowest BCUT2D eigenvalue weighted by atomic mass is 9.75. The van der Waals surface area contributed by atoms with Crippen LogP contribution in [0.2, 0.25) is 0 Å². The molecule has 1 aromatic carbocycles. The molecule has 1 aliphatic carbocycles. The van der Waals surface area contributed by atoms with Crippen molar-refractivity contribution in [3.63, 3.8) is 0 Å². The van der Waals surface area contributed by atoms with E-state index in [9.17, 15) is 4.39 Å². The van der Waals surface area contributed by atoms with E-state index in [4.69, 9.17) is 0 Å². The molecule has 0 amide bonds. The molecule has 1 aliphatic heterocycles. The van der Waals surface area contributed by atoms with Crippen molar-refractivity contribution in [3.8, 4) is 0 Å². The summed E-state index contributed by atoms with van der Waals surface area (Å²) in [6, 6.07) is 8.44. The zero-order valence-corrected chi connectivity index (χ0v) is 12.3. The second-order valence-corrected chi connectivity index (χ2v) is 6.30. The molecule has 0 radical (unpaired) electrons. The molecule has 3 heteroatoms. The third-order valence-corrected chi connectivity index (χ3v) is 4.96. The molecule has 1 N–H and O–H groups in total. The van der Waals surface area contributed by atoms with Gasteiger partial charge >= 0.3 is 0 Å². The number of hydrogen-bond acceptors (Lipinski definition) is 2. The third-order valence-electron chi connectivity index (χ3n) is 4.96. The van der Waals surface area contributed by atoms with Gasteiger partial charge in [-0.3, -0.25) is 0 Å². The Bertz CT molecular complexity index is 434. The van der Waals surface area contributed by atoms with Crippen molar-refractivity contribution < 1.29 is 4.39 Å². The predicted octanol–water partition coefficient (Wildman–Crippen LogP) is 3.15. The fraction of sp³-hybridized carbons (Fsp3) is 0.647. The zero-order valence-electron chi connectivity index (χ0n) is 12.3. The number of halogens is 1. The molecule has 0 atom stereocenters. The average Bonchev–Trinajstić information content (AvgIpc) is 2.43. The average molecular weight is 276 g/mol. The zero-order chi connectivity index (χ0) is 13.9. The SMILES string of the molecule is CCN1CCC(NC2CC(c3cccc(F)c3)C2)CC1. The lowest BCUT2D eigenvalue weighted by Gasteiger charge is -2.41. The van der Waals surface area contributed by atoms with Crippen LogP contribution >= 0.6 is 0 Å². The van der Waals surface area contributed by atoms with Crippen molar-refractivity contribution in [2.24, 2.45) is 0 Å². The van der Waals surface area contributed by atoms with Crippen LogP contribution in [-0.4, -0.2) is 36.6 Å². The van der Waals surface area contributed by atoms with Crippen molar-refractivity contribution in [1.82, 2.24) is 10.2 Å². The van der Waals surface area contributed by atoms with Crippen LogP contribution in [0.25, 0.3) is 0 Å². The smallest absolute Gasteiger partial charge is 0.123 e. The van der Waals surface area contributed by atoms with E-state index < -0.39 is 0 Å². The van der Waals surface area contributed by atoms with E-state index in [-0.39, 0.29) is 5.82 Å². The van der Waals surface area contributed by atoms with E-state index in [0.29, 0.717) is 18.0 Å². The summed E-state index contributed by atoms with van der Waals surface area (Å²) in [5, 5.41) is 3.79. The van der Waals surface area contributed by atoms with E-state index in [1.807, 2.05) is 6.07 Å². The predicted molar refractivity (Wildman–Crippen MR) is 80.4 cm³/mol. The summed E-state index contributed by atoms with van der Waals surface area (Å²) in [7, 11) is 0. The minimum atomic E-state index is -0.106. The van der Waals surface area contributed by atoms with Gasteiger partial charge in [0.05, 0.1) is 0 Å². The Labute approximate surface area is 121 Å². The maximum atomic E-state index is 13.2. The number of benzene rings is 1. The van der Waals surface area contributed by atoms with Crippen LogP contribution in [-0.2, 0) is 0 Å². The van der Waals surface area contributed by atoms with Crippen molar-refractivity contribution in [2.75, 3.05) is 19.6 Å². The molecule has 0 spiro atoms. The summed E-state index contributed by atoms with van der Waals surface area (Å²) in [6.45, 7) is 5.88. The Hall–Kier alpha value is -0.930. The van der Waals surface area contributed by atoms with Gasteiger partial charge in [0.15, 0.2) is 0 Å². The molecular formula is C17H25FN2. The Morgan fingerprint density at radius 3 is 2.60 bits per heavy atom. The maximum Gasteiger partial charge on any atom is 0.123 e. The molecule has 110 valence electrons. The minimum absolute atomic E-state index is 0.106. The van der Waals surface area contributed by atoms with E-state index >= 15 is 0 Å². The molecular weight excluding hydrogens is 251 g/mol. The first kappa shape index (κ1) is 14.0. The standard InChI is InChI=1S/C17H25FN2/c1-2-20-8-6-16(7-9-20)19-17-11-14(12-17)13-4-3-5-15(18)10-13/h3-5,10,14,16-17,19H,2,6-9,11-12H2,1H3. The van der Waals surface area contributed by atoms with Crippen LogP contribution in [0, 0.1) is 5.82 Å². The summed E-state index contributed by atoms with van der Waals surface area (Å²) in [6.07, 6.45) is 4.87. The molecule has 1 heterocycles. The molecule has 0 unspecified atom stereocenters. The normalized spacial score (nSPS) is 28.3. The van der Waals surface area contributed by atoms with Crippen LogP contribution < -0.4 is 5.32 Å². The number of likely N-dealkylation sites (tertiary alicyclic amines) is 1. The summed E-state index contributed by atoms with van der Waals surface area (Å²) in [5.74, 6) is 0.449. The van der Waals surface area contributed by atoms with Gasteiger partial charge in [-0.1, -0.05) is 19.1 Å². The van der Waals surface area contributed by atoms with Crippen LogP contribution in [0.15, 0.2) is 24.3 Å². The molecule has 0 bridgehead atoms. The van der Waals surface area contributed by atoms with Crippen molar-refractivity contribution in [1.29, 1.82) is 0 Å². The summed E-state index contributed by atoms with van der Waals surface area (Å²) < 4.78 is 13.2. The Balaban J connectivity index is 1.42. The highest BCUT2D eigenvalue weighted by Crippen LogP contribution is 2.37. The quantitative estimate of drug-likeness (QED) is 0.909. The number of hydrogen-bond donors (Lipinski definition) is 1. The lowest BCUT2D eigenvalue weighted by Crippen LogP contribution is -2.49. The van der Waals surface area contributed by atoms with Gasteiger partial charge in [-0.05, 0) is 68.9 Å². The second kappa shape index (κ2) is 6.23. The molecule has 3 rings (SSSR count). The topological polar surface area (TPSA) is 15.3 Å². The highest BCUT2D eigenvalue weighted by atomic mass is 19.1. The molecule has 1 saturated carbocycles. The summed E-state index contributed by atoms with van der Waals surface area (Å²) >= 11 is 0. The first-order chi connectivity index (χ1) is 9.74. The fourth-order valence-electron chi connectivity index (χ4n) is 3.54. The summed E-state index contributed by atoms with van der Waals surface area (Å²) in [4.78, 5) is 2.52. The van der Waals surface area contributed by atoms with E-state index in [0.717, 1.165) is 12.8 Å². The Morgan fingerprint density at radius 2 is 1.95 bits per heavy atom. The monoisotopic (exact) mass is 276 g/mol. The molecule has 1 aromatic rings. The van der Waals surface area contributed by atoms with Gasteiger partial charge in [-0.25, -0.2) is 4.39 Å². The van der Waals surface area contributed by atoms with E-state index in [1.54, 1.807) is 6.07 Å². The van der Waals surface area contributed by atoms with Crippen LogP contribution in [0.4, 0.5) is 4.39 Å². The van der Waals surface area contributed by atoms with Gasteiger partial charge in [-0.15, -0.1) is 0 Å². The highest BCUT2D eigenvalue weighted by Gasteiger charge is 2.32. The molecule has 2 fully saturated rings. The number of nitrogens with one attached hydrogen (secondary N) is 1. The van der Waals surface area contributed by atoms with Gasteiger partial charge in [0, 0.05) is 12.1 Å². The number of nitrogens with zero attached hydrogens (tertiary/aromatic N) is 1. The molecule has 0 aromatic heterocycles. The molecule has 2 aliphatic rings. The second-order valence-electron chi connectivity index (χ2n) is 6.30. The van der Waals surface area contributed by atoms with Crippen molar-refractivity contribution in [3.05, 3.63) is 35.6 Å². The fourth-order valence-corrected chi connectivity index (χ4v) is 3.54. The van der Waals surface area contributed by atoms with E-state index in [2.05, 4.69) is 23.2 Å². The Kier molecular flexibility index (Phi) is 4.37. The third kappa shape index (κ3) is 3.21. The van der Waals surface area contributed by atoms with Gasteiger partial charge < -0.3 is 10.2 Å². The minimum Gasteiger partial charge on any atom is -0.311 e. The van der Waals surface area contributed by atoms with Crippen molar-refractivity contribution in [2.45, 2.75) is 50.6 Å². The van der Waals surface area contributed by atoms with Crippen molar-refractivity contribution >= 4 is 0 Å². The van der Waals surface area contributed by atoms with Gasteiger partial charge in [0.2, 0.25) is 0 Å². The highest BCUT2D eigenvalue weighted by molar-refractivity contribution is 5.23.